The van der Waals surface area contributed by atoms with Crippen LogP contribution in [0, 0.1) is 18.1 Å². The van der Waals surface area contributed by atoms with Crippen molar-refractivity contribution in [2.24, 2.45) is 0 Å². The zero-order valence-corrected chi connectivity index (χ0v) is 28.8. The maximum atomic E-state index is 11.4. The third-order valence-corrected chi connectivity index (χ3v) is 8.33. The molecule has 0 unspecified atom stereocenters. The van der Waals surface area contributed by atoms with Crippen molar-refractivity contribution in [1.82, 2.24) is 15.3 Å². The van der Waals surface area contributed by atoms with Crippen LogP contribution in [0.4, 0.5) is 10.5 Å². The average Bonchev–Trinajstić information content (AvgIpc) is 2.89. The first kappa shape index (κ1) is 33.3. The smallest absolute Gasteiger partial charge is 0.407 e. The molecule has 1 fully saturated rings. The van der Waals surface area contributed by atoms with E-state index in [0.717, 1.165) is 55.1 Å². The minimum atomic E-state index is -0.390. The van der Waals surface area contributed by atoms with Gasteiger partial charge in [0.1, 0.15) is 17.7 Å². The van der Waals surface area contributed by atoms with Gasteiger partial charge < -0.3 is 19.7 Å². The average molecular weight is 693 g/mol. The van der Waals surface area contributed by atoms with Crippen LogP contribution in [0.25, 0.3) is 11.3 Å². The Bertz CT molecular complexity index is 1260. The highest BCUT2D eigenvalue weighted by Gasteiger charge is 2.36. The lowest BCUT2D eigenvalue weighted by atomic mass is 9.70. The van der Waals surface area contributed by atoms with Crippen molar-refractivity contribution in [2.75, 3.05) is 25.6 Å². The van der Waals surface area contributed by atoms with Gasteiger partial charge in [0.15, 0.2) is 0 Å². The normalized spacial score (nSPS) is 15.6. The molecular weight excluding hydrogens is 647 g/mol. The van der Waals surface area contributed by atoms with Crippen LogP contribution in [0.15, 0.2) is 18.5 Å². The number of hydrogen-bond donors (Lipinski definition) is 1. The Labute approximate surface area is 262 Å². The summed E-state index contributed by atoms with van der Waals surface area (Å²) in [4.78, 5) is 22.8. The fourth-order valence-electron chi connectivity index (χ4n) is 5.75. The molecule has 2 aromatic rings. The summed E-state index contributed by atoms with van der Waals surface area (Å²) in [6, 6.07) is 4.52. The zero-order valence-electron chi connectivity index (χ0n) is 25.8. The summed E-state index contributed by atoms with van der Waals surface area (Å²) in [5.41, 5.74) is 6.57. The van der Waals surface area contributed by atoms with Crippen LogP contribution in [0.3, 0.4) is 0 Å². The Morgan fingerprint density at radius 3 is 2.56 bits per heavy atom. The van der Waals surface area contributed by atoms with Crippen LogP contribution in [0.1, 0.15) is 90.0 Å². The number of fused-ring (bicyclic) bond motifs is 3. The van der Waals surface area contributed by atoms with Crippen LogP contribution >= 0.6 is 30.1 Å². The standard InChI is InChI=1S/C21H24IN3OS.C11H21NO2/c1-14-18-19(24-13-23-14)15-8-9-17(26-5)20(16(15)12-21(18,2)3)25(4)10-6-7-11-27-22;1-11(2,3)14-10(13)12-9-7-5-4-6-8-9/h8-9,13H,6,10,12H2,1-5H3;9H,4-8H2,1-3H3,(H,12,13). The van der Waals surface area contributed by atoms with Crippen LogP contribution < -0.4 is 15.0 Å². The van der Waals surface area contributed by atoms with Crippen LogP contribution in [-0.4, -0.2) is 48.4 Å². The first-order chi connectivity index (χ1) is 19.4. The van der Waals surface area contributed by atoms with Crippen molar-refractivity contribution >= 4 is 41.9 Å². The lowest BCUT2D eigenvalue weighted by molar-refractivity contribution is 0.0493. The number of aryl methyl sites for hydroxylation is 1. The number of aromatic nitrogens is 2. The highest BCUT2D eigenvalue weighted by molar-refractivity contribution is 14.2. The van der Waals surface area contributed by atoms with Crippen molar-refractivity contribution in [3.05, 3.63) is 35.3 Å². The molecule has 0 saturated heterocycles. The maximum Gasteiger partial charge on any atom is 0.407 e. The van der Waals surface area contributed by atoms with E-state index in [1.54, 1.807) is 13.4 Å². The summed E-state index contributed by atoms with van der Waals surface area (Å²) in [6.45, 7) is 13.1. The molecule has 0 spiro atoms. The van der Waals surface area contributed by atoms with Gasteiger partial charge in [0.05, 0.1) is 18.5 Å². The molecule has 1 N–H and O–H groups in total. The predicted octanol–water partition coefficient (Wildman–Crippen LogP) is 8.01. The van der Waals surface area contributed by atoms with Gasteiger partial charge in [-0.15, -0.1) is 0 Å². The SMILES string of the molecule is CC(C)(C)OC(=O)NC1CCCCC1.COc1ccc2c(c1N(C)CCC#CSI)CC(C)(C)c1c(C)ncnc1-2. The van der Waals surface area contributed by atoms with Gasteiger partial charge in [-0.3, -0.25) is 0 Å². The zero-order chi connectivity index (χ0) is 30.2. The van der Waals surface area contributed by atoms with Gasteiger partial charge in [0, 0.05) is 64.1 Å². The number of carbonyl (C=O) groups is 1. The van der Waals surface area contributed by atoms with Crippen molar-refractivity contribution in [3.8, 4) is 28.2 Å². The van der Waals surface area contributed by atoms with Crippen LogP contribution in [-0.2, 0) is 16.6 Å². The Balaban J connectivity index is 0.000000278. The maximum absolute atomic E-state index is 11.4. The third-order valence-electron chi connectivity index (χ3n) is 7.44. The van der Waals surface area contributed by atoms with Crippen LogP contribution in [0.5, 0.6) is 5.75 Å². The third kappa shape index (κ3) is 9.15. The summed E-state index contributed by atoms with van der Waals surface area (Å²) in [5, 5.41) is 5.97. The fourth-order valence-corrected chi connectivity index (χ4v) is 6.38. The Morgan fingerprint density at radius 2 is 1.93 bits per heavy atom. The topological polar surface area (TPSA) is 76.6 Å². The fraction of sp³-hybridized carbons (Fsp3) is 0.594. The number of halogens is 1. The number of anilines is 1. The molecule has 4 rings (SSSR count). The second-order valence-corrected chi connectivity index (χ2v) is 14.1. The quantitative estimate of drug-likeness (QED) is 0.251. The molecule has 1 amide bonds. The lowest BCUT2D eigenvalue weighted by Gasteiger charge is -2.37. The van der Waals surface area contributed by atoms with E-state index in [2.05, 4.69) is 92.5 Å². The molecule has 0 radical (unpaired) electrons. The molecule has 0 aliphatic heterocycles. The molecule has 1 aromatic heterocycles. The molecule has 224 valence electrons. The van der Waals surface area contributed by atoms with Gasteiger partial charge in [-0.05, 0) is 84.3 Å². The number of hydrogen-bond acceptors (Lipinski definition) is 7. The van der Waals surface area contributed by atoms with Gasteiger partial charge >= 0.3 is 6.09 Å². The number of ether oxygens (including phenoxy) is 2. The van der Waals surface area contributed by atoms with E-state index in [-0.39, 0.29) is 11.5 Å². The van der Waals surface area contributed by atoms with Crippen LogP contribution in [0.2, 0.25) is 0 Å². The molecule has 2 aliphatic rings. The molecule has 7 nitrogen and oxygen atoms in total. The number of alkyl carbamates (subject to hydrolysis) is 1. The summed E-state index contributed by atoms with van der Waals surface area (Å²) in [6.07, 6.45) is 9.08. The number of benzene rings is 1. The van der Waals surface area contributed by atoms with E-state index >= 15 is 0 Å². The van der Waals surface area contributed by atoms with Crippen molar-refractivity contribution < 1.29 is 14.3 Å². The van der Waals surface area contributed by atoms with E-state index in [4.69, 9.17) is 9.47 Å². The number of carbonyl (C=O) groups excluding carboxylic acids is 1. The van der Waals surface area contributed by atoms with E-state index in [1.807, 2.05) is 20.8 Å². The monoisotopic (exact) mass is 692 g/mol. The molecule has 41 heavy (non-hydrogen) atoms. The van der Waals surface area contributed by atoms with Gasteiger partial charge in [-0.2, -0.15) is 0 Å². The number of nitrogens with zero attached hydrogens (tertiary/aromatic N) is 3. The van der Waals surface area contributed by atoms with Crippen molar-refractivity contribution in [3.63, 3.8) is 0 Å². The molecule has 1 saturated carbocycles. The van der Waals surface area contributed by atoms with Crippen molar-refractivity contribution in [2.45, 2.75) is 104 Å². The second kappa shape index (κ2) is 14.8. The van der Waals surface area contributed by atoms with Gasteiger partial charge in [-0.25, -0.2) is 14.8 Å². The summed E-state index contributed by atoms with van der Waals surface area (Å²) < 4.78 is 10.9. The number of amides is 1. The number of methoxy groups -OCH3 is 1. The molecule has 1 aromatic carbocycles. The molecule has 2 aliphatic carbocycles. The minimum Gasteiger partial charge on any atom is -0.495 e. The second-order valence-electron chi connectivity index (χ2n) is 12.4. The first-order valence-corrected chi connectivity index (χ1v) is 17.7. The molecular formula is C32H45IN4O3S. The van der Waals surface area contributed by atoms with E-state index in [9.17, 15) is 4.79 Å². The number of rotatable bonds is 5. The molecule has 0 bridgehead atoms. The summed E-state index contributed by atoms with van der Waals surface area (Å²) >= 11 is 2.20. The molecule has 0 atom stereocenters. The van der Waals surface area contributed by atoms with E-state index in [1.165, 1.54) is 44.9 Å². The predicted molar refractivity (Wildman–Crippen MR) is 179 cm³/mol. The van der Waals surface area contributed by atoms with Gasteiger partial charge in [0.25, 0.3) is 0 Å². The largest absolute Gasteiger partial charge is 0.495 e. The Kier molecular flexibility index (Phi) is 12.0. The van der Waals surface area contributed by atoms with Gasteiger partial charge in [0.2, 0.25) is 0 Å². The lowest BCUT2D eigenvalue weighted by Crippen LogP contribution is -2.39. The highest BCUT2D eigenvalue weighted by Crippen LogP contribution is 2.48. The highest BCUT2D eigenvalue weighted by atomic mass is 127. The Morgan fingerprint density at radius 1 is 1.22 bits per heavy atom. The number of nitrogens with one attached hydrogen (secondary N) is 1. The van der Waals surface area contributed by atoms with Crippen molar-refractivity contribution in [1.29, 1.82) is 0 Å². The van der Waals surface area contributed by atoms with E-state index in [0.29, 0.717) is 6.04 Å². The molecule has 1 heterocycles. The summed E-state index contributed by atoms with van der Waals surface area (Å²) in [7, 11) is 5.38. The van der Waals surface area contributed by atoms with Gasteiger partial charge in [-0.1, -0.05) is 39.0 Å². The van der Waals surface area contributed by atoms with E-state index < -0.39 is 5.60 Å². The summed E-state index contributed by atoms with van der Waals surface area (Å²) in [5.74, 6) is 4.10. The first-order valence-electron chi connectivity index (χ1n) is 14.4. The minimum absolute atomic E-state index is 0.0344. The molecule has 9 heteroatoms. The Hall–Kier alpha value is -2.19.